The largest absolute Gasteiger partial charge is 0.489 e. The number of pyridine rings is 1. The molecule has 1 aromatic heterocycles. The van der Waals surface area contributed by atoms with E-state index < -0.39 is 34.1 Å². The monoisotopic (exact) mass is 730 g/mol. The van der Waals surface area contributed by atoms with Gasteiger partial charge < -0.3 is 19.1 Å². The number of rotatable bonds is 13. The normalized spacial score (nSPS) is 17.4. The van der Waals surface area contributed by atoms with Crippen molar-refractivity contribution in [3.05, 3.63) is 81.6 Å². The third-order valence-electron chi connectivity index (χ3n) is 7.52. The fourth-order valence-electron chi connectivity index (χ4n) is 4.88. The van der Waals surface area contributed by atoms with Gasteiger partial charge in [-0.05, 0) is 54.7 Å². The maximum absolute atomic E-state index is 13.8. The van der Waals surface area contributed by atoms with E-state index >= 15 is 0 Å². The van der Waals surface area contributed by atoms with Gasteiger partial charge in [0.1, 0.15) is 16.1 Å². The molecule has 5 rings (SSSR count). The van der Waals surface area contributed by atoms with Crippen molar-refractivity contribution in [2.75, 3.05) is 33.0 Å². The molecule has 2 aromatic carbocycles. The van der Waals surface area contributed by atoms with Gasteiger partial charge in [0.2, 0.25) is 10.0 Å². The van der Waals surface area contributed by atoms with E-state index in [0.29, 0.717) is 29.4 Å². The van der Waals surface area contributed by atoms with Gasteiger partial charge >= 0.3 is 12.6 Å². The molecule has 2 aliphatic rings. The summed E-state index contributed by atoms with van der Waals surface area (Å²) in [5.74, 6) is -0.758. The van der Waals surface area contributed by atoms with Crippen LogP contribution in [0.25, 0.3) is 0 Å². The standard InChI is InChI=1S/C31H31Cl2F2N3O7S2/c1-37(2)28(39)20-4-3-5-21(12-20)47(41,42)38-10-11-46-29(38)30(40)44-26(14-22-23(32)15-36-16-24(22)33)19-8-9-25(45-31(34)35)27(13-19)43-17-18-6-7-18/h3-5,8-9,12-13,15-16,18,26,29,31H,6-7,10-11,14,17H2,1-2H3/p+1/t26-,29-/m0/s1. The van der Waals surface area contributed by atoms with Crippen molar-refractivity contribution < 1.29 is 46.0 Å². The van der Waals surface area contributed by atoms with Gasteiger partial charge in [-0.2, -0.15) is 13.1 Å². The molecule has 1 N–H and O–H groups in total. The van der Waals surface area contributed by atoms with Crippen LogP contribution in [-0.2, 0) is 26.0 Å². The Hall–Kier alpha value is -3.17. The molecule has 1 aliphatic heterocycles. The lowest BCUT2D eigenvalue weighted by atomic mass is 10.0. The van der Waals surface area contributed by atoms with E-state index in [1.807, 2.05) is 0 Å². The number of hydrogen-bond donors (Lipinski definition) is 0. The zero-order valence-corrected chi connectivity index (χ0v) is 28.5. The molecule has 16 heteroatoms. The average Bonchev–Trinajstić information content (AvgIpc) is 3.72. The summed E-state index contributed by atoms with van der Waals surface area (Å²) < 4.78 is 71.5. The summed E-state index contributed by atoms with van der Waals surface area (Å²) in [6, 6.07) is 9.82. The molecule has 2 atom stereocenters. The van der Waals surface area contributed by atoms with Gasteiger partial charge in [0.15, 0.2) is 29.3 Å². The van der Waals surface area contributed by atoms with Crippen molar-refractivity contribution in [1.82, 2.24) is 9.21 Å². The topological polar surface area (TPSA) is 117 Å². The summed E-state index contributed by atoms with van der Waals surface area (Å²) in [6.07, 6.45) is 3.80. The minimum absolute atomic E-state index is 0.0221. The third kappa shape index (κ3) is 8.47. The van der Waals surface area contributed by atoms with Gasteiger partial charge in [-0.25, -0.2) is 18.2 Å². The first-order valence-corrected chi connectivity index (χ1v) is 17.8. The molecule has 1 aliphatic carbocycles. The first kappa shape index (κ1) is 35.1. The number of halogens is 4. The molecule has 3 aromatic rings. The number of alkyl halides is 2. The summed E-state index contributed by atoms with van der Waals surface area (Å²) in [5, 5.41) is -0.737. The predicted octanol–water partition coefficient (Wildman–Crippen LogP) is 5.49. The Bertz CT molecular complexity index is 1730. The molecule has 0 spiro atoms. The van der Waals surface area contributed by atoms with E-state index in [2.05, 4.69) is 9.72 Å². The first-order valence-electron chi connectivity index (χ1n) is 14.6. The zero-order valence-electron chi connectivity index (χ0n) is 25.3. The number of aromatic nitrogens is 1. The lowest BCUT2D eigenvalue weighted by Gasteiger charge is -2.26. The average molecular weight is 732 g/mol. The quantitative estimate of drug-likeness (QED) is 0.212. The van der Waals surface area contributed by atoms with E-state index in [0.717, 1.165) is 28.9 Å². The molecule has 2 fully saturated rings. The lowest BCUT2D eigenvalue weighted by Crippen LogP contribution is -2.40. The van der Waals surface area contributed by atoms with Crippen LogP contribution in [0.15, 0.2) is 59.8 Å². The fraction of sp³-hybridized carbons (Fsp3) is 0.387. The second kappa shape index (κ2) is 14.9. The first-order chi connectivity index (χ1) is 22.3. The molecule has 10 nitrogen and oxygen atoms in total. The molecule has 1 amide bonds. The number of esters is 1. The van der Waals surface area contributed by atoms with Crippen LogP contribution >= 0.6 is 35.0 Å². The SMILES string of the molecule is CN(C)C(=O)c1cccc(S(=O)(=O)N2CCS[C@H]2C(=O)O[C@@H](Cc2c(Cl)c[nH+]cc2Cl)c2ccc(OC(F)F)c(OCC3CC3)c2)c1. The number of nitrogens with one attached hydrogen (secondary N) is 1. The van der Waals surface area contributed by atoms with Gasteiger partial charge in [-0.1, -0.05) is 35.3 Å². The molecule has 0 radical (unpaired) electrons. The maximum Gasteiger partial charge on any atom is 0.387 e. The third-order valence-corrected chi connectivity index (χ3v) is 11.4. The fourth-order valence-corrected chi connectivity index (χ4v) is 8.50. The second-order valence-corrected chi connectivity index (χ2v) is 15.1. The van der Waals surface area contributed by atoms with Gasteiger partial charge in [0.05, 0.1) is 11.5 Å². The zero-order chi connectivity index (χ0) is 33.9. The van der Waals surface area contributed by atoms with Crippen molar-refractivity contribution in [1.29, 1.82) is 0 Å². The van der Waals surface area contributed by atoms with Gasteiger partial charge in [0, 0.05) is 43.9 Å². The highest BCUT2D eigenvalue weighted by atomic mass is 35.5. The lowest BCUT2D eigenvalue weighted by molar-refractivity contribution is -0.377. The number of ether oxygens (including phenoxy) is 3. The molecular weight excluding hydrogens is 699 g/mol. The Kier molecular flexibility index (Phi) is 11.2. The van der Waals surface area contributed by atoms with Crippen LogP contribution in [0.4, 0.5) is 8.78 Å². The van der Waals surface area contributed by atoms with Crippen molar-refractivity contribution in [3.8, 4) is 11.5 Å². The van der Waals surface area contributed by atoms with E-state index in [1.54, 1.807) is 14.1 Å². The highest BCUT2D eigenvalue weighted by Crippen LogP contribution is 2.39. The molecule has 47 heavy (non-hydrogen) atoms. The highest BCUT2D eigenvalue weighted by molar-refractivity contribution is 8.02. The molecule has 0 bridgehead atoms. The number of sulfonamides is 1. The maximum atomic E-state index is 13.8. The Balaban J connectivity index is 1.46. The van der Waals surface area contributed by atoms with Crippen LogP contribution < -0.4 is 14.5 Å². The number of hydrogen-bond acceptors (Lipinski definition) is 8. The number of carbonyl (C=O) groups excluding carboxylic acids is 2. The number of H-pyrrole nitrogens is 1. The van der Waals surface area contributed by atoms with Gasteiger partial charge in [-0.3, -0.25) is 4.79 Å². The Morgan fingerprint density at radius 1 is 1.09 bits per heavy atom. The van der Waals surface area contributed by atoms with Crippen LogP contribution in [0.5, 0.6) is 11.5 Å². The van der Waals surface area contributed by atoms with Gasteiger partial charge in [-0.15, -0.1) is 11.8 Å². The van der Waals surface area contributed by atoms with Gasteiger partial charge in [0.25, 0.3) is 5.91 Å². The molecule has 1 saturated heterocycles. The minimum Gasteiger partial charge on any atom is -0.489 e. The number of nitrogens with zero attached hydrogens (tertiary/aromatic N) is 2. The summed E-state index contributed by atoms with van der Waals surface area (Å²) in [5.41, 5.74) is 0.970. The molecule has 2 heterocycles. The highest BCUT2D eigenvalue weighted by Gasteiger charge is 2.42. The minimum atomic E-state index is -4.23. The Labute approximate surface area is 285 Å². The smallest absolute Gasteiger partial charge is 0.387 e. The van der Waals surface area contributed by atoms with Crippen molar-refractivity contribution in [2.24, 2.45) is 5.92 Å². The summed E-state index contributed by atoms with van der Waals surface area (Å²) in [4.78, 5) is 30.3. The number of amides is 1. The summed E-state index contributed by atoms with van der Waals surface area (Å²) in [6.45, 7) is -2.77. The number of aromatic amines is 1. The van der Waals surface area contributed by atoms with Crippen molar-refractivity contribution in [2.45, 2.75) is 42.2 Å². The number of benzene rings is 2. The van der Waals surface area contributed by atoms with Crippen LogP contribution in [0, 0.1) is 5.92 Å². The Morgan fingerprint density at radius 2 is 1.81 bits per heavy atom. The van der Waals surface area contributed by atoms with Crippen molar-refractivity contribution >= 4 is 56.9 Å². The molecular formula is C31H32Cl2F2N3O7S2+. The number of thioether (sulfide) groups is 1. The predicted molar refractivity (Wildman–Crippen MR) is 171 cm³/mol. The van der Waals surface area contributed by atoms with E-state index in [9.17, 15) is 26.8 Å². The van der Waals surface area contributed by atoms with E-state index in [1.165, 1.54) is 59.8 Å². The summed E-state index contributed by atoms with van der Waals surface area (Å²) >= 11 is 14.0. The van der Waals surface area contributed by atoms with E-state index in [-0.39, 0.29) is 50.9 Å². The molecule has 1 saturated carbocycles. The Morgan fingerprint density at radius 3 is 2.47 bits per heavy atom. The van der Waals surface area contributed by atoms with Crippen LogP contribution in [0.3, 0.4) is 0 Å². The second-order valence-electron chi connectivity index (χ2n) is 11.2. The number of carbonyl (C=O) groups is 2. The van der Waals surface area contributed by atoms with Crippen LogP contribution in [0.2, 0.25) is 10.0 Å². The van der Waals surface area contributed by atoms with Crippen molar-refractivity contribution in [3.63, 3.8) is 0 Å². The van der Waals surface area contributed by atoms with Crippen LogP contribution in [0.1, 0.15) is 40.4 Å². The summed E-state index contributed by atoms with van der Waals surface area (Å²) in [7, 11) is -1.13. The molecule has 0 unspecified atom stereocenters. The van der Waals surface area contributed by atoms with E-state index in [4.69, 9.17) is 32.7 Å². The van der Waals surface area contributed by atoms with Crippen LogP contribution in [-0.4, -0.2) is 74.5 Å². The molecule has 252 valence electrons.